The maximum absolute atomic E-state index is 5.90. The molecule has 37 heavy (non-hydrogen) atoms. The number of thiazole rings is 1. The molecule has 4 aromatic rings. The number of nitrogens with zero attached hydrogens (tertiary/aromatic N) is 5. The van der Waals surface area contributed by atoms with Crippen LogP contribution in [0.15, 0.2) is 53.1 Å². The number of ether oxygens (including phenoxy) is 1. The van der Waals surface area contributed by atoms with Crippen molar-refractivity contribution in [2.75, 3.05) is 50.0 Å². The Hall–Kier alpha value is -3.38. The summed E-state index contributed by atoms with van der Waals surface area (Å²) >= 11 is 1.46. The molecule has 0 amide bonds. The highest BCUT2D eigenvalue weighted by molar-refractivity contribution is 7.18. The monoisotopic (exact) mass is 518 g/mol. The Bertz CT molecular complexity index is 1260. The van der Waals surface area contributed by atoms with E-state index in [0.29, 0.717) is 17.8 Å². The van der Waals surface area contributed by atoms with E-state index in [9.17, 15) is 0 Å². The molecular formula is C26H30N8O2S. The van der Waals surface area contributed by atoms with Gasteiger partial charge in [-0.25, -0.2) is 9.97 Å². The molecule has 0 radical (unpaired) electrons. The fourth-order valence-corrected chi connectivity index (χ4v) is 5.32. The normalized spacial score (nSPS) is 18.5. The first kappa shape index (κ1) is 24.0. The molecule has 10 nitrogen and oxygen atoms in total. The number of hydrogen-bond acceptors (Lipinski definition) is 11. The van der Waals surface area contributed by atoms with E-state index in [-0.39, 0.29) is 0 Å². The minimum Gasteiger partial charge on any atom is -0.415 e. The van der Waals surface area contributed by atoms with Crippen molar-refractivity contribution in [1.29, 1.82) is 0 Å². The zero-order valence-electron chi connectivity index (χ0n) is 20.5. The molecule has 6 rings (SSSR count). The predicted molar refractivity (Wildman–Crippen MR) is 144 cm³/mol. The molecule has 0 saturated carbocycles. The maximum atomic E-state index is 5.90. The first-order chi connectivity index (χ1) is 18.3. The minimum absolute atomic E-state index is 0.371. The highest BCUT2D eigenvalue weighted by atomic mass is 32.1. The third-order valence-electron chi connectivity index (χ3n) is 6.44. The summed E-state index contributed by atoms with van der Waals surface area (Å²) in [5.41, 5.74) is 2.09. The van der Waals surface area contributed by atoms with E-state index >= 15 is 0 Å². The number of piperidine rings is 1. The number of rotatable bonds is 8. The lowest BCUT2D eigenvalue weighted by atomic mass is 10.1. The van der Waals surface area contributed by atoms with Gasteiger partial charge >= 0.3 is 0 Å². The topological polar surface area (TPSA) is 113 Å². The highest BCUT2D eigenvalue weighted by Crippen LogP contribution is 2.32. The van der Waals surface area contributed by atoms with Crippen LogP contribution >= 0.6 is 11.3 Å². The quantitative estimate of drug-likeness (QED) is 0.316. The van der Waals surface area contributed by atoms with Gasteiger partial charge in [0, 0.05) is 37.8 Å². The summed E-state index contributed by atoms with van der Waals surface area (Å²) < 4.78 is 11.4. The molecule has 3 aromatic heterocycles. The number of aromatic nitrogens is 4. The number of benzene rings is 1. The third-order valence-corrected chi connectivity index (χ3v) is 7.34. The summed E-state index contributed by atoms with van der Waals surface area (Å²) in [5, 5.41) is 19.6. The van der Waals surface area contributed by atoms with Crippen molar-refractivity contribution in [3.8, 4) is 22.2 Å². The van der Waals surface area contributed by atoms with Crippen LogP contribution in [0.2, 0.25) is 0 Å². The molecule has 2 aliphatic heterocycles. The molecular weight excluding hydrogens is 488 g/mol. The second-order valence-electron chi connectivity index (χ2n) is 9.26. The number of hydrogen-bond donors (Lipinski definition) is 3. The highest BCUT2D eigenvalue weighted by Gasteiger charge is 2.17. The van der Waals surface area contributed by atoms with Gasteiger partial charge in [0.2, 0.25) is 5.89 Å². The molecule has 11 heteroatoms. The summed E-state index contributed by atoms with van der Waals surface area (Å²) in [6, 6.07) is 14.4. The minimum atomic E-state index is 0.371. The molecule has 3 N–H and O–H groups in total. The Morgan fingerprint density at radius 1 is 1.05 bits per heavy atom. The van der Waals surface area contributed by atoms with Gasteiger partial charge < -0.3 is 25.1 Å². The maximum Gasteiger partial charge on any atom is 0.259 e. The molecule has 2 aliphatic rings. The number of pyridine rings is 1. The summed E-state index contributed by atoms with van der Waals surface area (Å²) in [4.78, 5) is 12.6. The zero-order valence-corrected chi connectivity index (χ0v) is 21.3. The van der Waals surface area contributed by atoms with E-state index in [2.05, 4.69) is 48.2 Å². The number of anilines is 3. The Kier molecular flexibility index (Phi) is 7.35. The standard InChI is InChI=1S/C26H30N8O2S/c1-2-5-19(6-3-1)24-32-33-25(36-24)21-16-28-26(37-21)31-23-14-18(17-34-9-11-35-12-10-34)13-22(30-23)29-20-7-4-8-27-15-20/h1-3,5-6,13-14,16,20,27H,4,7-12,15,17H2,(H2,28,29,30,31). The van der Waals surface area contributed by atoms with Crippen LogP contribution in [0.3, 0.4) is 0 Å². The van der Waals surface area contributed by atoms with Crippen LogP contribution in [-0.4, -0.2) is 70.5 Å². The van der Waals surface area contributed by atoms with E-state index in [0.717, 1.165) is 79.6 Å². The second-order valence-corrected chi connectivity index (χ2v) is 10.3. The van der Waals surface area contributed by atoms with Gasteiger partial charge in [-0.15, -0.1) is 10.2 Å². The lowest BCUT2D eigenvalue weighted by Gasteiger charge is -2.27. The molecule has 192 valence electrons. The van der Waals surface area contributed by atoms with Gasteiger partial charge in [-0.3, -0.25) is 4.90 Å². The van der Waals surface area contributed by atoms with Gasteiger partial charge in [0.1, 0.15) is 16.5 Å². The molecule has 0 bridgehead atoms. The van der Waals surface area contributed by atoms with Crippen LogP contribution in [0.4, 0.5) is 16.8 Å². The van der Waals surface area contributed by atoms with Crippen molar-refractivity contribution in [2.24, 2.45) is 0 Å². The molecule has 1 aromatic carbocycles. The molecule has 5 heterocycles. The van der Waals surface area contributed by atoms with Gasteiger partial charge in [-0.1, -0.05) is 29.5 Å². The molecule has 0 aliphatic carbocycles. The Labute approximate surface area is 219 Å². The Balaban J connectivity index is 1.20. The van der Waals surface area contributed by atoms with Crippen molar-refractivity contribution in [2.45, 2.75) is 25.4 Å². The first-order valence-corrected chi connectivity index (χ1v) is 13.5. The summed E-state index contributed by atoms with van der Waals surface area (Å²) in [6.45, 7) is 6.30. The van der Waals surface area contributed by atoms with Gasteiger partial charge in [0.25, 0.3) is 5.89 Å². The summed E-state index contributed by atoms with van der Waals surface area (Å²) in [5.74, 6) is 2.58. The lowest BCUT2D eigenvalue weighted by molar-refractivity contribution is 0.0342. The van der Waals surface area contributed by atoms with Crippen LogP contribution in [-0.2, 0) is 11.3 Å². The van der Waals surface area contributed by atoms with Gasteiger partial charge in [0.05, 0.1) is 19.4 Å². The molecule has 2 fully saturated rings. The largest absolute Gasteiger partial charge is 0.415 e. The van der Waals surface area contributed by atoms with Crippen LogP contribution in [0.25, 0.3) is 22.2 Å². The molecule has 1 unspecified atom stereocenters. The molecule has 0 spiro atoms. The van der Waals surface area contributed by atoms with Gasteiger partial charge in [-0.2, -0.15) is 0 Å². The smallest absolute Gasteiger partial charge is 0.259 e. The van der Waals surface area contributed by atoms with E-state index in [1.807, 2.05) is 30.3 Å². The summed E-state index contributed by atoms with van der Waals surface area (Å²) in [7, 11) is 0. The Morgan fingerprint density at radius 2 is 1.89 bits per heavy atom. The van der Waals surface area contributed by atoms with Crippen LogP contribution in [0, 0.1) is 0 Å². The third kappa shape index (κ3) is 6.13. The fourth-order valence-electron chi connectivity index (χ4n) is 4.58. The van der Waals surface area contributed by atoms with Crippen molar-refractivity contribution in [3.63, 3.8) is 0 Å². The molecule has 1 atom stereocenters. The van der Waals surface area contributed by atoms with Crippen molar-refractivity contribution < 1.29 is 9.15 Å². The Morgan fingerprint density at radius 3 is 2.73 bits per heavy atom. The van der Waals surface area contributed by atoms with Crippen LogP contribution in [0.1, 0.15) is 18.4 Å². The number of morpholine rings is 1. The van der Waals surface area contributed by atoms with Crippen LogP contribution < -0.4 is 16.0 Å². The predicted octanol–water partition coefficient (Wildman–Crippen LogP) is 3.99. The van der Waals surface area contributed by atoms with Gasteiger partial charge in [0.15, 0.2) is 5.13 Å². The van der Waals surface area contributed by atoms with Gasteiger partial charge in [-0.05, 0) is 49.2 Å². The first-order valence-electron chi connectivity index (χ1n) is 12.7. The van der Waals surface area contributed by atoms with Crippen molar-refractivity contribution >= 4 is 28.1 Å². The van der Waals surface area contributed by atoms with Crippen molar-refractivity contribution in [3.05, 3.63) is 54.2 Å². The van der Waals surface area contributed by atoms with E-state index in [1.54, 1.807) is 6.20 Å². The van der Waals surface area contributed by atoms with Crippen molar-refractivity contribution in [1.82, 2.24) is 30.4 Å². The van der Waals surface area contributed by atoms with Crippen LogP contribution in [0.5, 0.6) is 0 Å². The zero-order chi connectivity index (χ0) is 24.9. The van der Waals surface area contributed by atoms with E-state index in [4.69, 9.17) is 14.1 Å². The average molecular weight is 519 g/mol. The van der Waals surface area contributed by atoms with E-state index in [1.165, 1.54) is 23.3 Å². The SMILES string of the molecule is c1ccc(-c2nnc(-c3cnc(Nc4cc(CN5CCOCC5)cc(NC5CCCNC5)n4)s3)o2)cc1. The fraction of sp³-hybridized carbons (Fsp3) is 0.385. The van der Waals surface area contributed by atoms with E-state index < -0.39 is 0 Å². The number of nitrogens with one attached hydrogen (secondary N) is 3. The average Bonchev–Trinajstić information content (AvgIpc) is 3.60. The second kappa shape index (κ2) is 11.3. The lowest BCUT2D eigenvalue weighted by Crippen LogP contribution is -2.38. The summed E-state index contributed by atoms with van der Waals surface area (Å²) in [6.07, 6.45) is 4.05. The molecule has 2 saturated heterocycles.